The minimum Gasteiger partial charge on any atom is -0.391 e. The predicted molar refractivity (Wildman–Crippen MR) is 120 cm³/mol. The molecule has 1 unspecified atom stereocenters. The molecule has 2 saturated heterocycles. The Morgan fingerprint density at radius 1 is 1.16 bits per heavy atom. The van der Waals surface area contributed by atoms with Crippen molar-refractivity contribution in [2.75, 3.05) is 41.3 Å². The van der Waals surface area contributed by atoms with Crippen molar-refractivity contribution in [1.29, 1.82) is 0 Å². The van der Waals surface area contributed by atoms with Crippen molar-refractivity contribution in [3.8, 4) is 0 Å². The quantitative estimate of drug-likeness (QED) is 0.666. The number of anilines is 3. The van der Waals surface area contributed by atoms with Crippen LogP contribution in [0.1, 0.15) is 36.2 Å². The SMILES string of the molecule is Cn1cc2cc(NC(=O)c3ccc(N4CCC(O)C4)cn3)c(N3CCCCC3)nc2n1. The summed E-state index contributed by atoms with van der Waals surface area (Å²) >= 11 is 0. The molecule has 2 fully saturated rings. The fraction of sp³-hybridized carbons (Fsp3) is 0.455. The molecule has 0 bridgehead atoms. The number of nitrogens with zero attached hydrogens (tertiary/aromatic N) is 6. The zero-order chi connectivity index (χ0) is 21.4. The van der Waals surface area contributed by atoms with Gasteiger partial charge in [-0.25, -0.2) is 9.97 Å². The van der Waals surface area contributed by atoms with Gasteiger partial charge in [0.05, 0.1) is 23.7 Å². The van der Waals surface area contributed by atoms with Crippen LogP contribution in [0.15, 0.2) is 30.6 Å². The van der Waals surface area contributed by atoms with Crippen molar-refractivity contribution in [2.24, 2.45) is 7.05 Å². The predicted octanol–water partition coefficient (Wildman–Crippen LogP) is 2.18. The van der Waals surface area contributed by atoms with Crippen LogP contribution >= 0.6 is 0 Å². The van der Waals surface area contributed by atoms with E-state index < -0.39 is 0 Å². The van der Waals surface area contributed by atoms with Crippen LogP contribution in [0.4, 0.5) is 17.2 Å². The van der Waals surface area contributed by atoms with E-state index >= 15 is 0 Å². The van der Waals surface area contributed by atoms with Crippen LogP contribution in [0.25, 0.3) is 11.0 Å². The summed E-state index contributed by atoms with van der Waals surface area (Å²) in [6.45, 7) is 3.24. The Bertz CT molecular complexity index is 1090. The average Bonchev–Trinajstić information content (AvgIpc) is 3.38. The number of carbonyl (C=O) groups excluding carboxylic acids is 1. The molecule has 9 nitrogen and oxygen atoms in total. The van der Waals surface area contributed by atoms with Crippen LogP contribution in [0.3, 0.4) is 0 Å². The molecule has 2 N–H and O–H groups in total. The van der Waals surface area contributed by atoms with E-state index in [1.54, 1.807) is 16.9 Å². The molecule has 5 heterocycles. The molecule has 0 spiro atoms. The topological polar surface area (TPSA) is 99.4 Å². The Hall–Kier alpha value is -3.20. The summed E-state index contributed by atoms with van der Waals surface area (Å²) in [5.74, 6) is 0.498. The normalized spacial score (nSPS) is 19.2. The lowest BCUT2D eigenvalue weighted by atomic mass is 10.1. The second-order valence-electron chi connectivity index (χ2n) is 8.37. The number of β-amino-alcohol motifs (C(OH)–C–C–N with tert-alkyl or cyclic N) is 1. The molecule has 0 saturated carbocycles. The number of carbonyl (C=O) groups is 1. The van der Waals surface area contributed by atoms with Crippen LogP contribution in [0, 0.1) is 0 Å². The minimum atomic E-state index is -0.300. The first-order valence-corrected chi connectivity index (χ1v) is 10.9. The van der Waals surface area contributed by atoms with E-state index in [1.807, 2.05) is 25.4 Å². The number of amides is 1. The lowest BCUT2D eigenvalue weighted by molar-refractivity contribution is 0.102. The standard InChI is InChI=1S/C22H27N7O2/c1-27-13-15-11-19(21(25-20(15)26-27)28-8-3-2-4-9-28)24-22(31)18-6-5-16(12-23-18)29-10-7-17(30)14-29/h5-6,11-13,17,30H,2-4,7-10,14H2,1H3,(H,24,31). The molecule has 162 valence electrons. The second-order valence-corrected chi connectivity index (χ2v) is 8.37. The Morgan fingerprint density at radius 2 is 2.00 bits per heavy atom. The molecule has 2 aliphatic heterocycles. The van der Waals surface area contributed by atoms with Gasteiger partial charge in [0.25, 0.3) is 5.91 Å². The summed E-state index contributed by atoms with van der Waals surface area (Å²) in [7, 11) is 1.87. The Balaban J connectivity index is 1.40. The Morgan fingerprint density at radius 3 is 2.71 bits per heavy atom. The molecule has 1 amide bonds. The summed E-state index contributed by atoms with van der Waals surface area (Å²) in [5, 5.41) is 18.1. The van der Waals surface area contributed by atoms with Crippen LogP contribution < -0.4 is 15.1 Å². The van der Waals surface area contributed by atoms with Crippen LogP contribution in [0.5, 0.6) is 0 Å². The van der Waals surface area contributed by atoms with E-state index in [-0.39, 0.29) is 12.0 Å². The number of nitrogens with one attached hydrogen (secondary N) is 1. The third-order valence-electron chi connectivity index (χ3n) is 6.00. The molecule has 0 aromatic carbocycles. The van der Waals surface area contributed by atoms with E-state index in [9.17, 15) is 9.90 Å². The van der Waals surface area contributed by atoms with Gasteiger partial charge >= 0.3 is 0 Å². The third kappa shape index (κ3) is 4.05. The number of aliphatic hydroxyl groups excluding tert-OH is 1. The molecule has 0 aliphatic carbocycles. The van der Waals surface area contributed by atoms with Crippen LogP contribution in [-0.4, -0.2) is 63.0 Å². The highest BCUT2D eigenvalue weighted by molar-refractivity contribution is 6.05. The van der Waals surface area contributed by atoms with Gasteiger partial charge in [-0.2, -0.15) is 5.10 Å². The van der Waals surface area contributed by atoms with Gasteiger partial charge in [0.1, 0.15) is 5.69 Å². The summed E-state index contributed by atoms with van der Waals surface area (Å²) in [5.41, 5.74) is 2.62. The Kier molecular flexibility index (Phi) is 5.19. The van der Waals surface area contributed by atoms with E-state index in [1.165, 1.54) is 6.42 Å². The zero-order valence-electron chi connectivity index (χ0n) is 17.7. The van der Waals surface area contributed by atoms with Crippen LogP contribution in [-0.2, 0) is 7.05 Å². The van der Waals surface area contributed by atoms with E-state index in [4.69, 9.17) is 4.98 Å². The highest BCUT2D eigenvalue weighted by atomic mass is 16.3. The van der Waals surface area contributed by atoms with Crippen molar-refractivity contribution in [2.45, 2.75) is 31.8 Å². The largest absolute Gasteiger partial charge is 0.391 e. The number of hydrogen-bond donors (Lipinski definition) is 2. The molecule has 2 aliphatic rings. The van der Waals surface area contributed by atoms with Crippen molar-refractivity contribution in [3.63, 3.8) is 0 Å². The second kappa shape index (κ2) is 8.14. The lowest BCUT2D eigenvalue weighted by Crippen LogP contribution is -2.31. The number of hydrogen-bond acceptors (Lipinski definition) is 7. The van der Waals surface area contributed by atoms with Gasteiger partial charge in [-0.15, -0.1) is 0 Å². The van der Waals surface area contributed by atoms with Gasteiger partial charge in [-0.1, -0.05) is 0 Å². The molecule has 3 aromatic heterocycles. The van der Waals surface area contributed by atoms with Crippen molar-refractivity contribution >= 4 is 34.1 Å². The van der Waals surface area contributed by atoms with Gasteiger partial charge in [-0.3, -0.25) is 9.48 Å². The van der Waals surface area contributed by atoms with Crippen molar-refractivity contribution in [1.82, 2.24) is 19.7 Å². The van der Waals surface area contributed by atoms with Gasteiger partial charge in [0.2, 0.25) is 0 Å². The molecule has 9 heteroatoms. The smallest absolute Gasteiger partial charge is 0.274 e. The molecular formula is C22H27N7O2. The molecule has 31 heavy (non-hydrogen) atoms. The van der Waals surface area contributed by atoms with Crippen molar-refractivity contribution < 1.29 is 9.90 Å². The number of pyridine rings is 2. The average molecular weight is 422 g/mol. The highest BCUT2D eigenvalue weighted by Crippen LogP contribution is 2.30. The number of aryl methyl sites for hydroxylation is 1. The molecular weight excluding hydrogens is 394 g/mol. The van der Waals surface area contributed by atoms with E-state index in [0.29, 0.717) is 23.6 Å². The first kappa shape index (κ1) is 19.7. The number of piperidine rings is 1. The number of rotatable bonds is 4. The minimum absolute atomic E-state index is 0.267. The van der Waals surface area contributed by atoms with Gasteiger partial charge in [0, 0.05) is 44.8 Å². The Labute approximate surface area is 180 Å². The maximum absolute atomic E-state index is 13.0. The van der Waals surface area contributed by atoms with Gasteiger partial charge in [0.15, 0.2) is 11.5 Å². The molecule has 3 aromatic rings. The molecule has 0 radical (unpaired) electrons. The molecule has 1 atom stereocenters. The fourth-order valence-electron chi connectivity index (χ4n) is 4.37. The van der Waals surface area contributed by atoms with Gasteiger partial charge < -0.3 is 20.2 Å². The van der Waals surface area contributed by atoms with Gasteiger partial charge in [-0.05, 0) is 43.9 Å². The monoisotopic (exact) mass is 421 g/mol. The summed E-state index contributed by atoms with van der Waals surface area (Å²) in [4.78, 5) is 26.4. The number of aromatic nitrogens is 4. The maximum atomic E-state index is 13.0. The summed E-state index contributed by atoms with van der Waals surface area (Å²) < 4.78 is 1.73. The fourth-order valence-corrected chi connectivity index (χ4v) is 4.37. The summed E-state index contributed by atoms with van der Waals surface area (Å²) in [6.07, 6.45) is 7.50. The highest BCUT2D eigenvalue weighted by Gasteiger charge is 2.22. The maximum Gasteiger partial charge on any atom is 0.274 e. The van der Waals surface area contributed by atoms with Crippen molar-refractivity contribution in [3.05, 3.63) is 36.3 Å². The third-order valence-corrected chi connectivity index (χ3v) is 6.00. The van der Waals surface area contributed by atoms with E-state index in [0.717, 1.165) is 55.8 Å². The summed E-state index contributed by atoms with van der Waals surface area (Å²) in [6, 6.07) is 5.55. The van der Waals surface area contributed by atoms with E-state index in [2.05, 4.69) is 25.2 Å². The number of fused-ring (bicyclic) bond motifs is 1. The molecule has 5 rings (SSSR count). The lowest BCUT2D eigenvalue weighted by Gasteiger charge is -2.29. The first-order valence-electron chi connectivity index (χ1n) is 10.9. The number of aliphatic hydroxyl groups is 1. The van der Waals surface area contributed by atoms with Crippen LogP contribution in [0.2, 0.25) is 0 Å². The zero-order valence-corrected chi connectivity index (χ0v) is 17.7. The first-order chi connectivity index (χ1) is 15.1.